The van der Waals surface area contributed by atoms with E-state index >= 15 is 0 Å². The SMILES string of the molecule is C[Si](C)(C)CCOCn1c(O[C@@H]2CO[C@H]3[C@@H]2OC[C@H]3O)nc2cc(Cl)c(-c3ccc(-c4ccc(C(=O)N=S(C)(C)=O)cc4)cc3)nc21. The highest BCUT2D eigenvalue weighted by atomic mass is 35.5. The zero-order valence-electron chi connectivity index (χ0n) is 27.0. The Morgan fingerprint density at radius 1 is 1.02 bits per heavy atom. The summed E-state index contributed by atoms with van der Waals surface area (Å²) >= 11 is 6.78. The summed E-state index contributed by atoms with van der Waals surface area (Å²) in [4.78, 5) is 22.0. The van der Waals surface area contributed by atoms with E-state index < -0.39 is 48.1 Å². The molecule has 0 saturated carbocycles. The molecule has 0 aliphatic carbocycles. The van der Waals surface area contributed by atoms with Gasteiger partial charge in [-0.3, -0.25) is 9.36 Å². The molecule has 11 nitrogen and oxygen atoms in total. The first-order valence-corrected chi connectivity index (χ1v) is 21.8. The van der Waals surface area contributed by atoms with Crippen LogP contribution in [-0.2, 0) is 30.7 Å². The van der Waals surface area contributed by atoms with Crippen LogP contribution >= 0.6 is 11.6 Å². The maximum absolute atomic E-state index is 12.3. The average molecular weight is 699 g/mol. The molecule has 1 N–H and O–H groups in total. The Hall–Kier alpha value is -3.17. The summed E-state index contributed by atoms with van der Waals surface area (Å²) in [6.45, 7) is 8.17. The highest BCUT2D eigenvalue weighted by molar-refractivity contribution is 7.92. The van der Waals surface area contributed by atoms with Gasteiger partial charge in [0.25, 0.3) is 5.91 Å². The smallest absolute Gasteiger partial charge is 0.301 e. The summed E-state index contributed by atoms with van der Waals surface area (Å²) in [5.41, 5.74) is 4.73. The monoisotopic (exact) mass is 698 g/mol. The molecule has 2 aromatic carbocycles. The number of rotatable bonds is 10. The van der Waals surface area contributed by atoms with E-state index in [1.807, 2.05) is 36.4 Å². The van der Waals surface area contributed by atoms with Crippen molar-refractivity contribution in [3.8, 4) is 28.4 Å². The molecular formula is C33H39ClN4O7SSi. The van der Waals surface area contributed by atoms with Crippen LogP contribution in [0.25, 0.3) is 33.5 Å². The summed E-state index contributed by atoms with van der Waals surface area (Å²) in [6, 6.07) is 17.9. The van der Waals surface area contributed by atoms with Gasteiger partial charge in [-0.05, 0) is 35.4 Å². The number of fused-ring (bicyclic) bond motifs is 2. The largest absolute Gasteiger partial charge is 0.456 e. The van der Waals surface area contributed by atoms with Gasteiger partial charge in [-0.25, -0.2) is 9.19 Å². The fourth-order valence-corrected chi connectivity index (χ4v) is 7.02. The number of pyridine rings is 1. The number of carbonyl (C=O) groups is 1. The molecule has 6 rings (SSSR count). The Morgan fingerprint density at radius 3 is 2.32 bits per heavy atom. The minimum atomic E-state index is -2.53. The van der Waals surface area contributed by atoms with Crippen molar-refractivity contribution in [1.29, 1.82) is 0 Å². The second kappa shape index (κ2) is 13.4. The van der Waals surface area contributed by atoms with Crippen LogP contribution in [0.15, 0.2) is 59.0 Å². The molecule has 4 heterocycles. The Kier molecular flexibility index (Phi) is 9.60. The van der Waals surface area contributed by atoms with E-state index in [0.29, 0.717) is 40.1 Å². The zero-order chi connectivity index (χ0) is 33.5. The topological polar surface area (TPSA) is 134 Å². The first-order chi connectivity index (χ1) is 22.3. The molecule has 4 atom stereocenters. The number of aromatic nitrogens is 3. The molecule has 47 heavy (non-hydrogen) atoms. The van der Waals surface area contributed by atoms with E-state index in [1.165, 1.54) is 12.5 Å². The number of hydrogen-bond donors (Lipinski definition) is 1. The lowest BCUT2D eigenvalue weighted by atomic mass is 10.0. The minimum absolute atomic E-state index is 0.188. The third-order valence-electron chi connectivity index (χ3n) is 8.02. The van der Waals surface area contributed by atoms with Crippen molar-refractivity contribution in [3.63, 3.8) is 0 Å². The molecule has 0 radical (unpaired) electrons. The lowest BCUT2D eigenvalue weighted by molar-refractivity contribution is 0.00336. The third kappa shape index (κ3) is 7.77. The van der Waals surface area contributed by atoms with E-state index in [1.54, 1.807) is 22.8 Å². The van der Waals surface area contributed by atoms with Gasteiger partial charge in [-0.2, -0.15) is 9.35 Å². The Labute approximate surface area is 280 Å². The van der Waals surface area contributed by atoms with Crippen LogP contribution in [0, 0.1) is 0 Å². The molecule has 2 aromatic heterocycles. The third-order valence-corrected chi connectivity index (χ3v) is 10.6. The van der Waals surface area contributed by atoms with Crippen molar-refractivity contribution >= 4 is 46.5 Å². The number of carbonyl (C=O) groups excluding carboxylic acids is 1. The van der Waals surface area contributed by atoms with Gasteiger partial charge in [0.1, 0.15) is 30.6 Å². The van der Waals surface area contributed by atoms with Gasteiger partial charge < -0.3 is 24.1 Å². The number of ether oxygens (including phenoxy) is 4. The highest BCUT2D eigenvalue weighted by Crippen LogP contribution is 2.35. The van der Waals surface area contributed by atoms with Crippen LogP contribution in [0.2, 0.25) is 30.7 Å². The van der Waals surface area contributed by atoms with Crippen LogP contribution in [-0.4, -0.2) is 94.6 Å². The second-order valence-corrected chi connectivity index (χ2v) is 22.0. The van der Waals surface area contributed by atoms with Crippen molar-refractivity contribution < 1.29 is 33.1 Å². The van der Waals surface area contributed by atoms with Gasteiger partial charge in [0.2, 0.25) is 0 Å². The van der Waals surface area contributed by atoms with Gasteiger partial charge in [0.15, 0.2) is 11.8 Å². The molecule has 4 aromatic rings. The normalized spacial score (nSPS) is 21.3. The molecular weight excluding hydrogens is 660 g/mol. The molecule has 1 amide bonds. The average Bonchev–Trinajstić information content (AvgIpc) is 3.68. The maximum atomic E-state index is 12.3. The number of aliphatic hydroxyl groups excluding tert-OH is 1. The number of nitrogens with zero attached hydrogens (tertiary/aromatic N) is 4. The molecule has 2 saturated heterocycles. The number of hydrogen-bond acceptors (Lipinski definition) is 9. The van der Waals surface area contributed by atoms with Crippen LogP contribution in [0.5, 0.6) is 6.01 Å². The van der Waals surface area contributed by atoms with Crippen LogP contribution in [0.1, 0.15) is 10.4 Å². The van der Waals surface area contributed by atoms with Crippen molar-refractivity contribution in [1.82, 2.24) is 14.5 Å². The van der Waals surface area contributed by atoms with Crippen molar-refractivity contribution in [2.75, 3.05) is 32.3 Å². The molecule has 2 aliphatic heterocycles. The lowest BCUT2D eigenvalue weighted by Gasteiger charge is -2.19. The summed E-state index contributed by atoms with van der Waals surface area (Å²) in [7, 11) is -3.84. The summed E-state index contributed by atoms with van der Waals surface area (Å²) in [5.74, 6) is -0.501. The van der Waals surface area contributed by atoms with E-state index in [4.69, 9.17) is 40.5 Å². The van der Waals surface area contributed by atoms with Crippen molar-refractivity contribution in [2.45, 2.75) is 56.8 Å². The molecule has 0 unspecified atom stereocenters. The van der Waals surface area contributed by atoms with E-state index in [-0.39, 0.29) is 19.9 Å². The lowest BCUT2D eigenvalue weighted by Crippen LogP contribution is -2.35. The predicted octanol–water partition coefficient (Wildman–Crippen LogP) is 5.50. The molecule has 250 valence electrons. The van der Waals surface area contributed by atoms with Crippen molar-refractivity contribution in [2.24, 2.45) is 4.36 Å². The molecule has 0 spiro atoms. The Morgan fingerprint density at radius 2 is 1.66 bits per heavy atom. The standard InChI is InChI=1S/C33H39ClN4O7SSi/c1-46(2,41)37-32(40)23-12-8-21(9-13-23)20-6-10-22(11-7-20)28-24(34)16-25-31(36-28)38(19-42-14-15-47(3,4)5)33(35-25)45-27-18-44-29-26(39)17-43-30(27)29/h6-13,16,26-27,29-30,39H,14-15,17-19H2,1-5H3/t26-,27-,29-,30-/m1/s1. The second-order valence-electron chi connectivity index (χ2n) is 13.4. The Balaban J connectivity index is 1.27. The van der Waals surface area contributed by atoms with E-state index in [0.717, 1.165) is 22.7 Å². The first kappa shape index (κ1) is 33.7. The van der Waals surface area contributed by atoms with E-state index in [2.05, 4.69) is 24.0 Å². The Bertz CT molecular complexity index is 1900. The predicted molar refractivity (Wildman–Crippen MR) is 184 cm³/mol. The molecule has 0 bridgehead atoms. The number of aliphatic hydroxyl groups is 1. The summed E-state index contributed by atoms with van der Waals surface area (Å²) in [5, 5.41) is 10.6. The quantitative estimate of drug-likeness (QED) is 0.168. The highest BCUT2D eigenvalue weighted by Gasteiger charge is 2.49. The van der Waals surface area contributed by atoms with E-state index in [9.17, 15) is 14.1 Å². The van der Waals surface area contributed by atoms with Crippen LogP contribution in [0.3, 0.4) is 0 Å². The van der Waals surface area contributed by atoms with Gasteiger partial charge in [-0.15, -0.1) is 0 Å². The van der Waals surface area contributed by atoms with Gasteiger partial charge in [-0.1, -0.05) is 67.6 Å². The number of amides is 1. The minimum Gasteiger partial charge on any atom is -0.456 e. The maximum Gasteiger partial charge on any atom is 0.301 e. The number of imidazole rings is 1. The van der Waals surface area contributed by atoms with Crippen molar-refractivity contribution in [3.05, 3.63) is 65.2 Å². The van der Waals surface area contributed by atoms with Crippen LogP contribution in [0.4, 0.5) is 0 Å². The summed E-state index contributed by atoms with van der Waals surface area (Å²) < 4.78 is 41.5. The van der Waals surface area contributed by atoms with Gasteiger partial charge >= 0.3 is 6.01 Å². The molecule has 2 fully saturated rings. The van der Waals surface area contributed by atoms with Gasteiger partial charge in [0.05, 0.1) is 23.9 Å². The number of halogens is 1. The first-order valence-electron chi connectivity index (χ1n) is 15.4. The summed E-state index contributed by atoms with van der Waals surface area (Å²) in [6.07, 6.45) is 0.909. The molecule has 14 heteroatoms. The van der Waals surface area contributed by atoms with Gasteiger partial charge in [0, 0.05) is 48.0 Å². The zero-order valence-corrected chi connectivity index (χ0v) is 29.6. The fraction of sp³-hybridized carbons (Fsp3) is 0.424. The van der Waals surface area contributed by atoms with Crippen LogP contribution < -0.4 is 4.74 Å². The fourth-order valence-electron chi connectivity index (χ4n) is 5.51. The number of benzene rings is 2. The molecule has 2 aliphatic rings.